The number of ether oxygens (including phenoxy) is 1. The van der Waals surface area contributed by atoms with Crippen LogP contribution in [0.25, 0.3) is 21.6 Å². The Balaban J connectivity index is 1.68. The Hall–Kier alpha value is -2.92. The highest BCUT2D eigenvalue weighted by Crippen LogP contribution is 2.31. The maximum Gasteiger partial charge on any atom is 0.163 e. The number of hydrogen-bond acceptors (Lipinski definition) is 5. The van der Waals surface area contributed by atoms with E-state index in [1.165, 1.54) is 10.4 Å². The molecule has 4 nitrogen and oxygen atoms in total. The van der Waals surface area contributed by atoms with Gasteiger partial charge in [0, 0.05) is 17.0 Å². The van der Waals surface area contributed by atoms with Gasteiger partial charge in [-0.2, -0.15) is 0 Å². The number of nitrogens with zero attached hydrogens (tertiary/aromatic N) is 2. The van der Waals surface area contributed by atoms with Gasteiger partial charge in [0.05, 0.1) is 12.5 Å². The van der Waals surface area contributed by atoms with Crippen LogP contribution >= 0.6 is 11.3 Å². The molecule has 26 heavy (non-hydrogen) atoms. The van der Waals surface area contributed by atoms with Gasteiger partial charge >= 0.3 is 0 Å². The first-order chi connectivity index (χ1) is 12.7. The second-order valence-electron chi connectivity index (χ2n) is 6.04. The molecular formula is C21H19N3OS. The lowest BCUT2D eigenvalue weighted by molar-refractivity contribution is 0.414. The fraction of sp³-hybridized carbons (Fsp3) is 0.143. The summed E-state index contributed by atoms with van der Waals surface area (Å²) in [7, 11) is 1.68. The van der Waals surface area contributed by atoms with Crippen LogP contribution < -0.4 is 10.1 Å². The number of benzene rings is 2. The van der Waals surface area contributed by atoms with Crippen LogP contribution in [0, 0.1) is 6.92 Å². The molecule has 0 radical (unpaired) electrons. The van der Waals surface area contributed by atoms with E-state index in [2.05, 4.69) is 30.4 Å². The monoisotopic (exact) mass is 361 g/mol. The molecule has 0 amide bonds. The van der Waals surface area contributed by atoms with Crippen molar-refractivity contribution in [3.05, 3.63) is 71.1 Å². The van der Waals surface area contributed by atoms with Crippen LogP contribution in [-0.4, -0.2) is 17.1 Å². The van der Waals surface area contributed by atoms with E-state index in [-0.39, 0.29) is 0 Å². The lowest BCUT2D eigenvalue weighted by Crippen LogP contribution is -2.03. The van der Waals surface area contributed by atoms with E-state index in [1.54, 1.807) is 18.4 Å². The van der Waals surface area contributed by atoms with Crippen molar-refractivity contribution in [2.24, 2.45) is 0 Å². The summed E-state index contributed by atoms with van der Waals surface area (Å²) in [4.78, 5) is 11.8. The molecule has 0 aliphatic rings. The summed E-state index contributed by atoms with van der Waals surface area (Å²) in [6, 6.07) is 20.3. The Kier molecular flexibility index (Phi) is 4.54. The van der Waals surface area contributed by atoms with Crippen LogP contribution in [0.2, 0.25) is 0 Å². The first kappa shape index (κ1) is 16.5. The Bertz CT molecular complexity index is 1030. The average Bonchev–Trinajstić information content (AvgIpc) is 3.07. The van der Waals surface area contributed by atoms with Crippen molar-refractivity contribution in [2.75, 3.05) is 12.4 Å². The van der Waals surface area contributed by atoms with E-state index >= 15 is 0 Å². The summed E-state index contributed by atoms with van der Waals surface area (Å²) in [6.45, 7) is 2.79. The lowest BCUT2D eigenvalue weighted by Gasteiger charge is -2.10. The van der Waals surface area contributed by atoms with Gasteiger partial charge in [-0.25, -0.2) is 9.97 Å². The third kappa shape index (κ3) is 3.39. The summed E-state index contributed by atoms with van der Waals surface area (Å²) < 4.78 is 5.22. The molecule has 0 atom stereocenters. The number of aromatic nitrogens is 2. The van der Waals surface area contributed by atoms with Gasteiger partial charge in [0.25, 0.3) is 0 Å². The van der Waals surface area contributed by atoms with Gasteiger partial charge in [0.2, 0.25) is 0 Å². The molecule has 1 N–H and O–H groups in total. The Morgan fingerprint density at radius 1 is 1.00 bits per heavy atom. The molecule has 0 saturated heterocycles. The molecule has 2 heterocycles. The molecule has 0 bridgehead atoms. The molecule has 5 heteroatoms. The molecule has 0 unspecified atom stereocenters. The van der Waals surface area contributed by atoms with Gasteiger partial charge in [-0.15, -0.1) is 11.3 Å². The standard InChI is InChI=1S/C21H19N3OS/c1-14-12-18-20(22-13-15-8-10-17(25-2)11-9-15)23-19(24-21(18)26-14)16-6-4-3-5-7-16/h3-12H,13H2,1-2H3,(H,22,23,24). The first-order valence-corrected chi connectivity index (χ1v) is 9.25. The molecule has 130 valence electrons. The second-order valence-corrected chi connectivity index (χ2v) is 7.27. The largest absolute Gasteiger partial charge is 0.497 e. The molecule has 4 aromatic rings. The minimum atomic E-state index is 0.694. The van der Waals surface area contributed by atoms with Crippen molar-refractivity contribution in [3.8, 4) is 17.1 Å². The van der Waals surface area contributed by atoms with E-state index in [0.29, 0.717) is 6.54 Å². The van der Waals surface area contributed by atoms with Crippen molar-refractivity contribution in [3.63, 3.8) is 0 Å². The Morgan fingerprint density at radius 3 is 2.50 bits per heavy atom. The Morgan fingerprint density at radius 2 is 1.77 bits per heavy atom. The predicted octanol–water partition coefficient (Wildman–Crippen LogP) is 5.29. The van der Waals surface area contributed by atoms with Crippen LogP contribution in [0.4, 0.5) is 5.82 Å². The van der Waals surface area contributed by atoms with Crippen molar-refractivity contribution in [1.82, 2.24) is 9.97 Å². The molecule has 2 aromatic heterocycles. The van der Waals surface area contributed by atoms with Gasteiger partial charge < -0.3 is 10.1 Å². The first-order valence-electron chi connectivity index (χ1n) is 8.43. The molecule has 0 aliphatic carbocycles. The quantitative estimate of drug-likeness (QED) is 0.525. The number of methoxy groups -OCH3 is 1. The van der Waals surface area contributed by atoms with Gasteiger partial charge in [0.15, 0.2) is 5.82 Å². The molecule has 4 rings (SSSR count). The number of thiophene rings is 1. The van der Waals surface area contributed by atoms with Crippen molar-refractivity contribution in [1.29, 1.82) is 0 Å². The highest BCUT2D eigenvalue weighted by molar-refractivity contribution is 7.18. The predicted molar refractivity (Wildman–Crippen MR) is 108 cm³/mol. The number of nitrogens with one attached hydrogen (secondary N) is 1. The smallest absolute Gasteiger partial charge is 0.163 e. The topological polar surface area (TPSA) is 47.0 Å². The molecule has 0 spiro atoms. The third-order valence-electron chi connectivity index (χ3n) is 4.17. The maximum absolute atomic E-state index is 5.22. The number of anilines is 1. The zero-order valence-electron chi connectivity index (χ0n) is 14.7. The summed E-state index contributed by atoms with van der Waals surface area (Å²) in [5.74, 6) is 2.48. The van der Waals surface area contributed by atoms with Crippen LogP contribution in [0.5, 0.6) is 5.75 Å². The van der Waals surface area contributed by atoms with Crippen LogP contribution in [0.3, 0.4) is 0 Å². The number of fused-ring (bicyclic) bond motifs is 1. The average molecular weight is 361 g/mol. The van der Waals surface area contributed by atoms with Crippen LogP contribution in [0.1, 0.15) is 10.4 Å². The third-order valence-corrected chi connectivity index (χ3v) is 5.11. The highest BCUT2D eigenvalue weighted by atomic mass is 32.1. The fourth-order valence-corrected chi connectivity index (χ4v) is 3.70. The lowest BCUT2D eigenvalue weighted by atomic mass is 10.2. The molecular weight excluding hydrogens is 342 g/mol. The summed E-state index contributed by atoms with van der Waals surface area (Å²) >= 11 is 1.69. The molecule has 0 saturated carbocycles. The van der Waals surface area contributed by atoms with Crippen molar-refractivity contribution in [2.45, 2.75) is 13.5 Å². The minimum Gasteiger partial charge on any atom is -0.497 e. The minimum absolute atomic E-state index is 0.694. The van der Waals surface area contributed by atoms with Gasteiger partial charge in [-0.05, 0) is 30.7 Å². The van der Waals surface area contributed by atoms with E-state index in [0.717, 1.165) is 33.2 Å². The zero-order chi connectivity index (χ0) is 17.9. The summed E-state index contributed by atoms with van der Waals surface area (Å²) in [5.41, 5.74) is 2.19. The summed E-state index contributed by atoms with van der Waals surface area (Å²) in [5, 5.41) is 4.55. The van der Waals surface area contributed by atoms with E-state index in [4.69, 9.17) is 14.7 Å². The van der Waals surface area contributed by atoms with E-state index in [1.807, 2.05) is 42.5 Å². The maximum atomic E-state index is 5.22. The van der Waals surface area contributed by atoms with E-state index < -0.39 is 0 Å². The SMILES string of the molecule is COc1ccc(CNc2nc(-c3ccccc3)nc3sc(C)cc23)cc1. The molecule has 0 aliphatic heterocycles. The highest BCUT2D eigenvalue weighted by Gasteiger charge is 2.12. The molecule has 0 fully saturated rings. The second kappa shape index (κ2) is 7.14. The van der Waals surface area contributed by atoms with E-state index in [9.17, 15) is 0 Å². The number of rotatable bonds is 5. The fourth-order valence-electron chi connectivity index (χ4n) is 2.82. The van der Waals surface area contributed by atoms with Gasteiger partial charge in [0.1, 0.15) is 16.4 Å². The number of aryl methyl sites for hydroxylation is 1. The van der Waals surface area contributed by atoms with Crippen LogP contribution in [0.15, 0.2) is 60.7 Å². The van der Waals surface area contributed by atoms with Crippen LogP contribution in [-0.2, 0) is 6.54 Å². The Labute approximate surface area is 156 Å². The summed E-state index contributed by atoms with van der Waals surface area (Å²) in [6.07, 6.45) is 0. The number of hydrogen-bond donors (Lipinski definition) is 1. The van der Waals surface area contributed by atoms with Crippen molar-refractivity contribution >= 4 is 27.4 Å². The van der Waals surface area contributed by atoms with Gasteiger partial charge in [-0.1, -0.05) is 42.5 Å². The van der Waals surface area contributed by atoms with Gasteiger partial charge in [-0.3, -0.25) is 0 Å². The molecule has 2 aromatic carbocycles. The zero-order valence-corrected chi connectivity index (χ0v) is 15.5. The normalized spacial score (nSPS) is 10.8. The van der Waals surface area contributed by atoms with Crippen molar-refractivity contribution < 1.29 is 4.74 Å².